The first-order valence-electron chi connectivity index (χ1n) is 8.04. The highest BCUT2D eigenvalue weighted by Crippen LogP contribution is 2.42. The molecular weight excluding hydrogens is 332 g/mol. The zero-order chi connectivity index (χ0) is 15.8. The smallest absolute Gasteiger partial charge is 0.323 e. The van der Waals surface area contributed by atoms with Crippen LogP contribution in [0, 0.1) is 23.7 Å². The van der Waals surface area contributed by atoms with E-state index in [1.165, 1.54) is 4.90 Å². The monoisotopic (exact) mass is 358 g/mol. The Morgan fingerprint density at radius 2 is 1.86 bits per heavy atom. The van der Waals surface area contributed by atoms with Crippen molar-refractivity contribution in [2.24, 2.45) is 23.7 Å². The molecule has 0 radical (unpaired) electrons. The number of imide groups is 1. The van der Waals surface area contributed by atoms with Crippen molar-refractivity contribution in [3.05, 3.63) is 0 Å². The van der Waals surface area contributed by atoms with Gasteiger partial charge in [0.2, 0.25) is 0 Å². The minimum atomic E-state index is -0.664. The van der Waals surface area contributed by atoms with Crippen molar-refractivity contribution < 1.29 is 9.59 Å². The highest BCUT2D eigenvalue weighted by molar-refractivity contribution is 9.09. The standard InChI is InChI=1S/C16H27BrN2O2/c1-10(2)13(8-17)9-19-14(20)16(18-15(19)21)11(3)6-5-7-12(16)4/h10-13H,5-9H2,1-4H3,(H,18,21). The SMILES string of the molecule is CC(C)C(CBr)CN1C(=O)NC2(C1=O)C(C)CCCC2C. The number of carbonyl (C=O) groups is 2. The molecule has 0 aromatic heterocycles. The molecule has 120 valence electrons. The van der Waals surface area contributed by atoms with Crippen molar-refractivity contribution in [2.75, 3.05) is 11.9 Å². The van der Waals surface area contributed by atoms with Crippen LogP contribution in [0.4, 0.5) is 4.79 Å². The zero-order valence-electron chi connectivity index (χ0n) is 13.5. The average molecular weight is 359 g/mol. The Morgan fingerprint density at radius 3 is 2.33 bits per heavy atom. The van der Waals surface area contributed by atoms with Gasteiger partial charge in [-0.2, -0.15) is 0 Å². The van der Waals surface area contributed by atoms with Crippen molar-refractivity contribution in [2.45, 2.75) is 52.5 Å². The van der Waals surface area contributed by atoms with E-state index in [4.69, 9.17) is 0 Å². The molecule has 2 rings (SSSR count). The van der Waals surface area contributed by atoms with Gasteiger partial charge >= 0.3 is 6.03 Å². The third-order valence-corrected chi connectivity index (χ3v) is 6.38. The van der Waals surface area contributed by atoms with Gasteiger partial charge in [0.05, 0.1) is 0 Å². The Hall–Kier alpha value is -0.580. The Morgan fingerprint density at radius 1 is 1.29 bits per heavy atom. The molecule has 3 amide bonds. The minimum absolute atomic E-state index is 0.00111. The van der Waals surface area contributed by atoms with Crippen LogP contribution in [0.1, 0.15) is 47.0 Å². The van der Waals surface area contributed by atoms with Gasteiger partial charge in [-0.25, -0.2) is 4.79 Å². The Bertz CT molecular complexity index is 415. The van der Waals surface area contributed by atoms with Crippen molar-refractivity contribution in [1.82, 2.24) is 10.2 Å². The first kappa shape index (κ1) is 16.8. The molecule has 4 nitrogen and oxygen atoms in total. The number of rotatable bonds is 4. The number of hydrogen-bond donors (Lipinski definition) is 1. The van der Waals surface area contributed by atoms with Gasteiger partial charge in [-0.1, -0.05) is 50.0 Å². The van der Waals surface area contributed by atoms with Crippen LogP contribution in [-0.2, 0) is 4.79 Å². The third kappa shape index (κ3) is 2.73. The predicted molar refractivity (Wildman–Crippen MR) is 87.3 cm³/mol. The van der Waals surface area contributed by atoms with Gasteiger partial charge in [0.15, 0.2) is 0 Å². The number of nitrogens with zero attached hydrogens (tertiary/aromatic N) is 1. The van der Waals surface area contributed by atoms with Crippen molar-refractivity contribution in [3.63, 3.8) is 0 Å². The largest absolute Gasteiger partial charge is 0.325 e. The van der Waals surface area contributed by atoms with Crippen LogP contribution in [0.25, 0.3) is 0 Å². The molecule has 2 fully saturated rings. The molecule has 2 aliphatic rings. The van der Waals surface area contributed by atoms with Crippen LogP contribution in [0.3, 0.4) is 0 Å². The van der Waals surface area contributed by atoms with Gasteiger partial charge in [0.1, 0.15) is 5.54 Å². The van der Waals surface area contributed by atoms with Gasteiger partial charge in [-0.05, 0) is 36.5 Å². The number of carbonyl (C=O) groups excluding carboxylic acids is 2. The molecule has 0 aromatic rings. The number of halogens is 1. The lowest BCUT2D eigenvalue weighted by Gasteiger charge is -2.42. The molecule has 1 spiro atoms. The van der Waals surface area contributed by atoms with Crippen LogP contribution in [-0.4, -0.2) is 34.3 Å². The molecule has 1 N–H and O–H groups in total. The van der Waals surface area contributed by atoms with E-state index in [2.05, 4.69) is 48.9 Å². The van der Waals surface area contributed by atoms with Crippen molar-refractivity contribution >= 4 is 27.9 Å². The third-order valence-electron chi connectivity index (χ3n) is 5.54. The average Bonchev–Trinajstić information content (AvgIpc) is 2.66. The fraction of sp³-hybridized carbons (Fsp3) is 0.875. The summed E-state index contributed by atoms with van der Waals surface area (Å²) in [5.41, 5.74) is -0.664. The van der Waals surface area contributed by atoms with E-state index < -0.39 is 5.54 Å². The quantitative estimate of drug-likeness (QED) is 0.618. The molecule has 0 bridgehead atoms. The maximum Gasteiger partial charge on any atom is 0.325 e. The molecule has 3 unspecified atom stereocenters. The van der Waals surface area contributed by atoms with Crippen molar-refractivity contribution in [1.29, 1.82) is 0 Å². The fourth-order valence-corrected chi connectivity index (χ4v) is 4.74. The summed E-state index contributed by atoms with van der Waals surface area (Å²) in [6, 6.07) is -0.202. The first-order chi connectivity index (χ1) is 9.84. The summed E-state index contributed by atoms with van der Waals surface area (Å²) in [5.74, 6) is 1.15. The molecule has 1 saturated heterocycles. The van der Waals surface area contributed by atoms with Gasteiger partial charge in [-0.15, -0.1) is 0 Å². The summed E-state index contributed by atoms with van der Waals surface area (Å²) < 4.78 is 0. The molecule has 1 aliphatic heterocycles. The van der Waals surface area contributed by atoms with E-state index in [-0.39, 0.29) is 23.8 Å². The van der Waals surface area contributed by atoms with Gasteiger partial charge in [0.25, 0.3) is 5.91 Å². The highest BCUT2D eigenvalue weighted by atomic mass is 79.9. The van der Waals surface area contributed by atoms with Crippen LogP contribution < -0.4 is 5.32 Å². The summed E-state index contributed by atoms with van der Waals surface area (Å²) in [7, 11) is 0. The molecule has 1 heterocycles. The predicted octanol–water partition coefficient (Wildman–Crippen LogP) is 3.40. The summed E-state index contributed by atoms with van der Waals surface area (Å²) in [6.45, 7) is 8.97. The van der Waals surface area contributed by atoms with Gasteiger partial charge < -0.3 is 5.32 Å². The topological polar surface area (TPSA) is 49.4 Å². The zero-order valence-corrected chi connectivity index (χ0v) is 15.1. The fourth-order valence-electron chi connectivity index (χ4n) is 3.79. The second kappa shape index (κ2) is 6.27. The minimum Gasteiger partial charge on any atom is -0.323 e. The molecular formula is C16H27BrN2O2. The molecule has 1 saturated carbocycles. The summed E-state index contributed by atoms with van der Waals surface area (Å²) >= 11 is 3.51. The lowest BCUT2D eigenvalue weighted by atomic mass is 9.67. The number of hydrogen-bond acceptors (Lipinski definition) is 2. The van der Waals surface area contributed by atoms with Crippen LogP contribution in [0.15, 0.2) is 0 Å². The number of amides is 3. The van der Waals surface area contributed by atoms with Crippen molar-refractivity contribution in [3.8, 4) is 0 Å². The second-order valence-electron chi connectivity index (χ2n) is 7.11. The Labute approximate surface area is 136 Å². The number of urea groups is 1. The van der Waals surface area contributed by atoms with E-state index >= 15 is 0 Å². The summed E-state index contributed by atoms with van der Waals surface area (Å²) in [6.07, 6.45) is 3.16. The molecule has 5 heteroatoms. The van der Waals surface area contributed by atoms with E-state index in [1.54, 1.807) is 0 Å². The normalized spacial score (nSPS) is 34.7. The van der Waals surface area contributed by atoms with Crippen LogP contribution >= 0.6 is 15.9 Å². The van der Waals surface area contributed by atoms with E-state index in [1.807, 2.05) is 0 Å². The van der Waals surface area contributed by atoms with Gasteiger partial charge in [-0.3, -0.25) is 9.69 Å². The lowest BCUT2D eigenvalue weighted by Crippen LogP contribution is -2.59. The highest BCUT2D eigenvalue weighted by Gasteiger charge is 2.58. The number of nitrogens with one attached hydrogen (secondary N) is 1. The summed E-state index contributed by atoms with van der Waals surface area (Å²) in [4.78, 5) is 26.9. The van der Waals surface area contributed by atoms with Crippen LogP contribution in [0.2, 0.25) is 0 Å². The Balaban J connectivity index is 2.23. The molecule has 21 heavy (non-hydrogen) atoms. The maximum atomic E-state index is 13.0. The van der Waals surface area contributed by atoms with Gasteiger partial charge in [0, 0.05) is 11.9 Å². The molecule has 3 atom stereocenters. The molecule has 0 aromatic carbocycles. The maximum absolute atomic E-state index is 13.0. The second-order valence-corrected chi connectivity index (χ2v) is 7.75. The molecule has 1 aliphatic carbocycles. The summed E-state index contributed by atoms with van der Waals surface area (Å²) in [5, 5.41) is 3.86. The van der Waals surface area contributed by atoms with E-state index in [9.17, 15) is 9.59 Å². The van der Waals surface area contributed by atoms with Crippen LogP contribution in [0.5, 0.6) is 0 Å². The van der Waals surface area contributed by atoms with E-state index in [0.29, 0.717) is 18.4 Å². The Kier molecular flexibility index (Phi) is 5.01. The number of alkyl halides is 1. The van der Waals surface area contributed by atoms with E-state index in [0.717, 1.165) is 24.6 Å². The lowest BCUT2D eigenvalue weighted by molar-refractivity contribution is -0.137. The first-order valence-corrected chi connectivity index (χ1v) is 9.16.